The monoisotopic (exact) mass is 2940 g/mol. The summed E-state index contributed by atoms with van der Waals surface area (Å²) in [6.45, 7) is 0. The van der Waals surface area contributed by atoms with E-state index in [1.165, 1.54) is 0 Å². The average molecular weight is 2930 g/mol. The molecule has 0 atom stereocenters. The van der Waals surface area contributed by atoms with Crippen LogP contribution in [0.4, 0.5) is 0 Å². The quantitative estimate of drug-likeness (QED) is 0.123. The zero-order valence-electron chi connectivity index (χ0n) is 22.9. The molecule has 54 heavy (non-hydrogen) atoms. The molecule has 54 heteroatoms. The maximum Gasteiger partial charge on any atom is 2.00 e. The molecule has 306 valence electrons. The molecule has 36 nitrogen and oxygen atoms in total. The molecule has 0 unspecified atom stereocenters. The first-order valence-corrected chi connectivity index (χ1v) is 25.2. The minimum Gasteiger partial charge on any atom is 2.00 e. The third-order valence-corrected chi connectivity index (χ3v) is 0. The second-order valence-electron chi connectivity index (χ2n) is 3.67. The molecule has 0 heterocycles. The van der Waals surface area contributed by atoms with Crippen molar-refractivity contribution in [1.82, 2.24) is 0 Å². The maximum atomic E-state index is 8.63. The first-order chi connectivity index (χ1) is 18.0. The molecule has 0 aromatic rings. The van der Waals surface area contributed by atoms with Crippen molar-refractivity contribution >= 4 is 256 Å². The summed E-state index contributed by atoms with van der Waals surface area (Å²) in [5.74, 6) is 0. The van der Waals surface area contributed by atoms with E-state index in [2.05, 4.69) is 0 Å². The van der Waals surface area contributed by atoms with Gasteiger partial charge in [0.25, 0.3) is 0 Å². The fraction of sp³-hybridized carbons (Fsp3) is 0. The van der Waals surface area contributed by atoms with E-state index in [4.69, 9.17) is 143 Å². The summed E-state index contributed by atoms with van der Waals surface area (Å²) in [6, 6.07) is 0. The minimum absolute atomic E-state index is 0. The molecule has 0 aromatic heterocycles. The van der Waals surface area contributed by atoms with Crippen molar-refractivity contribution in [3.63, 3.8) is 0 Å². The standard InChI is InChI=1S/7Cr.Mo.H2O4S.32O.9Pb/c;;;;;;;;1-5(2,3)4;;;;;;;;;;;;;;;;;;;;;;;;;;;;;;;;;;;;;;;;;/h;;;;;;;;(H2,1,2,3,4);;;;;;;;;;;;;;;;;;;;;;;;;;;;;;;;;;;;;;;;;/q;;;;;;;;;;;;;;;;;;;;;;;;;16*-1;9*+2/p-2. The van der Waals surface area contributed by atoms with Gasteiger partial charge < -0.3 is 9.11 Å². The van der Waals surface area contributed by atoms with Crippen LogP contribution in [0.25, 0.3) is 0 Å². The summed E-state index contributed by atoms with van der Waals surface area (Å²) < 4.78 is 309. The van der Waals surface area contributed by atoms with E-state index in [0.29, 0.717) is 0 Å². The van der Waals surface area contributed by atoms with Crippen LogP contribution in [-0.2, 0) is 182 Å². The zero-order valence-corrected chi connectivity index (χ0v) is 69.6. The fourth-order valence-corrected chi connectivity index (χ4v) is 0. The van der Waals surface area contributed by atoms with Gasteiger partial charge in [0, 0.05) is 10.4 Å². The van der Waals surface area contributed by atoms with E-state index in [0.717, 1.165) is 0 Å². The van der Waals surface area contributed by atoms with E-state index < -0.39 is 122 Å². The van der Waals surface area contributed by atoms with E-state index in [-0.39, 0.29) is 246 Å². The summed E-state index contributed by atoms with van der Waals surface area (Å²) >= 11 is -46.3. The van der Waals surface area contributed by atoms with Crippen LogP contribution in [0.5, 0.6) is 0 Å². The third-order valence-electron chi connectivity index (χ3n) is 0. The van der Waals surface area contributed by atoms with Gasteiger partial charge in [0.2, 0.25) is 0 Å². The normalized spacial score (nSPS) is 9.67. The Hall–Kier alpha value is 8.74. The molecular formula is Cr7MoO36Pb9S. The molecule has 0 saturated heterocycles. The van der Waals surface area contributed by atoms with Crippen LogP contribution in [0.15, 0.2) is 0 Å². The molecule has 18 radical (unpaired) electrons. The Morgan fingerprint density at radius 1 is 0.278 bits per heavy atom. The maximum absolute atomic E-state index is 8.63. The van der Waals surface area contributed by atoms with Gasteiger partial charge in [-0.05, 0) is 0 Å². The number of hydrogen-bond donors (Lipinski definition) is 0. The smallest absolute Gasteiger partial charge is 2.00 e. The Balaban J connectivity index is -0.0000000165. The Labute approximate surface area is 499 Å². The number of hydrogen-bond acceptors (Lipinski definition) is 36. The van der Waals surface area contributed by atoms with Crippen molar-refractivity contribution in [3.05, 3.63) is 0 Å². The predicted octanol–water partition coefficient (Wildman–Crippen LogP) is -25.7. The second kappa shape index (κ2) is 57.9. The van der Waals surface area contributed by atoms with Gasteiger partial charge in [0.1, 0.15) is 0 Å². The average Bonchev–Trinajstić information content (AvgIpc) is 2.26. The largest absolute Gasteiger partial charge is 2.00 e. The Morgan fingerprint density at radius 2 is 0.278 bits per heavy atom. The summed E-state index contributed by atoms with van der Waals surface area (Å²) in [5, 5.41) is 0. The van der Waals surface area contributed by atoms with Gasteiger partial charge in [-0.25, -0.2) is 0 Å². The van der Waals surface area contributed by atoms with Gasteiger partial charge in [0.15, 0.2) is 0 Å². The van der Waals surface area contributed by atoms with Crippen LogP contribution >= 0.6 is 0 Å². The summed E-state index contributed by atoms with van der Waals surface area (Å²) in [4.78, 5) is 0. The van der Waals surface area contributed by atoms with Crippen LogP contribution in [0.1, 0.15) is 0 Å². The van der Waals surface area contributed by atoms with E-state index in [1.54, 1.807) is 0 Å². The summed E-state index contributed by atoms with van der Waals surface area (Å²) in [6.07, 6.45) is 0. The van der Waals surface area contributed by atoms with Gasteiger partial charge >= 0.3 is 484 Å². The van der Waals surface area contributed by atoms with Crippen molar-refractivity contribution < 1.29 is 255 Å². The number of rotatable bonds is 0. The Morgan fingerprint density at radius 3 is 0.278 bits per heavy atom. The molecule has 0 fully saturated rings. The molecule has 0 saturated carbocycles. The molecule has 0 aliphatic heterocycles. The molecule has 0 amide bonds. The Kier molecular flexibility index (Phi) is 128. The van der Waals surface area contributed by atoms with E-state index >= 15 is 0 Å². The van der Waals surface area contributed by atoms with Crippen LogP contribution in [-0.4, -0.2) is 263 Å². The molecule has 0 bridgehead atoms. The molecule has 0 aromatic carbocycles. The van der Waals surface area contributed by atoms with E-state index in [9.17, 15) is 0 Å². The second-order valence-corrected chi connectivity index (χ2v) is 15.4. The zero-order chi connectivity index (χ0) is 40.5. The molecular weight excluding hydrogens is 2930 g/mol. The van der Waals surface area contributed by atoms with Crippen LogP contribution in [0.2, 0.25) is 0 Å². The molecule has 0 N–H and O–H groups in total. The van der Waals surface area contributed by atoms with E-state index in [1.807, 2.05) is 0 Å². The van der Waals surface area contributed by atoms with Gasteiger partial charge in [-0.1, -0.05) is 0 Å². The topological polar surface area (TPSA) is 722 Å². The van der Waals surface area contributed by atoms with Crippen molar-refractivity contribution in [2.24, 2.45) is 0 Å². The summed E-state index contributed by atoms with van der Waals surface area (Å²) in [7, 11) is -5.17. The van der Waals surface area contributed by atoms with Crippen molar-refractivity contribution in [2.45, 2.75) is 0 Å². The predicted molar refractivity (Wildman–Crippen MR) is 73.2 cm³/mol. The van der Waals surface area contributed by atoms with Gasteiger partial charge in [-0.2, -0.15) is 0 Å². The molecule has 0 spiro atoms. The van der Waals surface area contributed by atoms with Gasteiger partial charge in [-0.3, -0.25) is 8.42 Å². The molecule has 0 rings (SSSR count). The minimum atomic E-state index is -6.02. The molecule has 0 aliphatic rings. The van der Waals surface area contributed by atoms with Crippen molar-refractivity contribution in [3.8, 4) is 0 Å². The van der Waals surface area contributed by atoms with Crippen LogP contribution in [0.3, 0.4) is 0 Å². The molecule has 0 aliphatic carbocycles. The van der Waals surface area contributed by atoms with Crippen LogP contribution in [0, 0.1) is 0 Å². The van der Waals surface area contributed by atoms with Gasteiger partial charge in [0.05, 0.1) is 0 Å². The third kappa shape index (κ3) is 2840. The Bertz CT molecular complexity index is 1250. The van der Waals surface area contributed by atoms with Gasteiger partial charge in [-0.15, -0.1) is 0 Å². The van der Waals surface area contributed by atoms with Crippen molar-refractivity contribution in [1.29, 1.82) is 0 Å². The summed E-state index contributed by atoms with van der Waals surface area (Å²) in [5.41, 5.74) is 0. The fourth-order valence-electron chi connectivity index (χ4n) is 0. The van der Waals surface area contributed by atoms with Crippen molar-refractivity contribution in [2.75, 3.05) is 0 Å². The first-order valence-electron chi connectivity index (χ1n) is 6.00. The van der Waals surface area contributed by atoms with Crippen LogP contribution < -0.4 is 65.7 Å². The first kappa shape index (κ1) is 119. The SMILES string of the molecule is O=S(=O)([O-])[O-].[O]=[Cr](=[O])([O-])[O-].[O]=[Cr](=[O])([O-])[O-].[O]=[Cr](=[O])([O-])[O-].[O]=[Cr](=[O])([O-])[O-].[O]=[Cr](=[O])([O-])[O-].[O]=[Cr](=[O])([O-])[O-].[O]=[Cr](=[O])([O-])[O-].[O]=[Mo](=[O])([O-])[O-].[Pb+2].[Pb+2].[Pb+2].[Pb+2].[Pb+2].[Pb+2].[Pb+2].[Pb+2].[Pb+2].